The molecule has 0 aliphatic carbocycles. The van der Waals surface area contributed by atoms with Gasteiger partial charge >= 0.3 is 0 Å². The molecule has 1 aromatic heterocycles. The second-order valence-corrected chi connectivity index (χ2v) is 4.84. The summed E-state index contributed by atoms with van der Waals surface area (Å²) in [5.41, 5.74) is 2.46. The van der Waals surface area contributed by atoms with Crippen molar-refractivity contribution in [1.82, 2.24) is 4.98 Å². The van der Waals surface area contributed by atoms with E-state index in [1.807, 2.05) is 12.1 Å². The Morgan fingerprint density at radius 1 is 1.44 bits per heavy atom. The lowest BCUT2D eigenvalue weighted by molar-refractivity contribution is 0.238. The number of hydrogen-bond donors (Lipinski definition) is 0. The largest absolute Gasteiger partial charge is 0.483 e. The highest BCUT2D eigenvalue weighted by molar-refractivity contribution is 7.09. The first kappa shape index (κ1) is 9.85. The summed E-state index contributed by atoms with van der Waals surface area (Å²) >= 11 is 1.71. The van der Waals surface area contributed by atoms with Crippen molar-refractivity contribution in [2.24, 2.45) is 0 Å². The second kappa shape index (κ2) is 3.91. The quantitative estimate of drug-likeness (QED) is 0.790. The van der Waals surface area contributed by atoms with E-state index in [1.54, 1.807) is 11.3 Å². The lowest BCUT2D eigenvalue weighted by atomic mass is 10.1. The fourth-order valence-electron chi connectivity index (χ4n) is 1.95. The van der Waals surface area contributed by atoms with Crippen LogP contribution in [-0.2, 0) is 12.8 Å². The van der Waals surface area contributed by atoms with E-state index in [2.05, 4.69) is 29.4 Å². The number of nitrogens with zero attached hydrogens (tertiary/aromatic N) is 1. The predicted molar refractivity (Wildman–Crippen MR) is 65.0 cm³/mol. The monoisotopic (exact) mass is 231 g/mol. The summed E-state index contributed by atoms with van der Waals surface area (Å²) in [6.45, 7) is 2.13. The van der Waals surface area contributed by atoms with Crippen molar-refractivity contribution in [2.75, 3.05) is 0 Å². The summed E-state index contributed by atoms with van der Waals surface area (Å²) in [4.78, 5) is 4.59. The molecule has 0 saturated heterocycles. The Kier molecular flexibility index (Phi) is 2.40. The van der Waals surface area contributed by atoms with E-state index in [0.717, 1.165) is 23.6 Å². The van der Waals surface area contributed by atoms with Crippen LogP contribution >= 0.6 is 11.3 Å². The van der Waals surface area contributed by atoms with E-state index in [9.17, 15) is 0 Å². The molecule has 1 aliphatic rings. The van der Waals surface area contributed by atoms with Crippen LogP contribution in [0.4, 0.5) is 0 Å². The highest BCUT2D eigenvalue weighted by Crippen LogP contribution is 2.37. The number of para-hydroxylation sites is 1. The average molecular weight is 231 g/mol. The summed E-state index contributed by atoms with van der Waals surface area (Å²) in [6.07, 6.45) is 2.07. The van der Waals surface area contributed by atoms with Crippen LogP contribution < -0.4 is 4.74 Å². The maximum atomic E-state index is 5.90. The molecule has 0 bridgehead atoms. The fraction of sp³-hybridized carbons (Fsp3) is 0.308. The summed E-state index contributed by atoms with van der Waals surface area (Å²) in [7, 11) is 0. The molecule has 0 radical (unpaired) electrons. The van der Waals surface area contributed by atoms with Gasteiger partial charge in [0, 0.05) is 11.8 Å². The van der Waals surface area contributed by atoms with Gasteiger partial charge in [-0.3, -0.25) is 0 Å². The van der Waals surface area contributed by atoms with Crippen molar-refractivity contribution in [3.63, 3.8) is 0 Å². The second-order valence-electron chi connectivity index (χ2n) is 3.95. The van der Waals surface area contributed by atoms with Crippen LogP contribution in [0.25, 0.3) is 0 Å². The average Bonchev–Trinajstić information content (AvgIpc) is 2.95. The van der Waals surface area contributed by atoms with Crippen LogP contribution in [-0.4, -0.2) is 4.98 Å². The van der Waals surface area contributed by atoms with Crippen molar-refractivity contribution in [3.8, 4) is 5.75 Å². The molecular weight excluding hydrogens is 218 g/mol. The Balaban J connectivity index is 1.85. The van der Waals surface area contributed by atoms with Gasteiger partial charge in [-0.15, -0.1) is 11.3 Å². The molecule has 1 aromatic carbocycles. The summed E-state index contributed by atoms with van der Waals surface area (Å²) in [5.74, 6) is 1.01. The highest BCUT2D eigenvalue weighted by atomic mass is 32.1. The van der Waals surface area contributed by atoms with Gasteiger partial charge in [0.2, 0.25) is 0 Å². The Hall–Kier alpha value is -1.35. The van der Waals surface area contributed by atoms with Crippen molar-refractivity contribution < 1.29 is 4.74 Å². The van der Waals surface area contributed by atoms with Crippen molar-refractivity contribution in [3.05, 3.63) is 45.9 Å². The predicted octanol–water partition coefficient (Wildman–Crippen LogP) is 3.38. The third kappa shape index (κ3) is 1.61. The van der Waals surface area contributed by atoms with Crippen molar-refractivity contribution in [2.45, 2.75) is 25.9 Å². The number of benzene rings is 1. The molecule has 2 aromatic rings. The summed E-state index contributed by atoms with van der Waals surface area (Å²) in [5, 5.41) is 3.23. The molecule has 1 atom stereocenters. The van der Waals surface area contributed by atoms with Gasteiger partial charge < -0.3 is 4.74 Å². The Bertz CT molecular complexity index is 481. The van der Waals surface area contributed by atoms with Crippen LogP contribution in [0.15, 0.2) is 29.6 Å². The SMILES string of the molecule is CCc1csc(C2Cc3ccccc3O2)n1. The number of aryl methyl sites for hydroxylation is 1. The molecule has 0 amide bonds. The molecule has 2 nitrogen and oxygen atoms in total. The lowest BCUT2D eigenvalue weighted by Gasteiger charge is -2.06. The van der Waals surface area contributed by atoms with E-state index in [1.165, 1.54) is 11.3 Å². The molecule has 3 rings (SSSR count). The topological polar surface area (TPSA) is 22.1 Å². The number of thiazole rings is 1. The van der Waals surface area contributed by atoms with Gasteiger partial charge in [0.15, 0.2) is 6.10 Å². The van der Waals surface area contributed by atoms with Gasteiger partial charge in [0.1, 0.15) is 10.8 Å². The van der Waals surface area contributed by atoms with Gasteiger partial charge in [-0.1, -0.05) is 25.1 Å². The normalized spacial score (nSPS) is 18.2. The first-order valence-electron chi connectivity index (χ1n) is 5.55. The number of fused-ring (bicyclic) bond motifs is 1. The molecule has 16 heavy (non-hydrogen) atoms. The van der Waals surface area contributed by atoms with Crippen molar-refractivity contribution >= 4 is 11.3 Å². The lowest BCUT2D eigenvalue weighted by Crippen LogP contribution is -2.02. The molecule has 82 valence electrons. The van der Waals surface area contributed by atoms with Crippen LogP contribution in [0.2, 0.25) is 0 Å². The minimum Gasteiger partial charge on any atom is -0.483 e. The Morgan fingerprint density at radius 3 is 3.06 bits per heavy atom. The minimum absolute atomic E-state index is 0.127. The first-order chi connectivity index (χ1) is 7.86. The molecule has 0 N–H and O–H groups in total. The molecule has 0 saturated carbocycles. The first-order valence-corrected chi connectivity index (χ1v) is 6.43. The third-order valence-electron chi connectivity index (χ3n) is 2.85. The van der Waals surface area contributed by atoms with E-state index >= 15 is 0 Å². The fourth-order valence-corrected chi connectivity index (χ4v) is 2.88. The molecule has 1 unspecified atom stereocenters. The molecule has 2 heterocycles. The van der Waals surface area contributed by atoms with Gasteiger partial charge in [0.05, 0.1) is 5.69 Å². The van der Waals surface area contributed by atoms with Gasteiger partial charge in [0.25, 0.3) is 0 Å². The summed E-state index contributed by atoms with van der Waals surface area (Å²) < 4.78 is 5.90. The molecule has 1 aliphatic heterocycles. The van der Waals surface area contributed by atoms with E-state index in [-0.39, 0.29) is 6.10 Å². The third-order valence-corrected chi connectivity index (χ3v) is 3.84. The van der Waals surface area contributed by atoms with E-state index < -0.39 is 0 Å². The van der Waals surface area contributed by atoms with Crippen LogP contribution in [0, 0.1) is 0 Å². The van der Waals surface area contributed by atoms with Crippen LogP contribution in [0.1, 0.15) is 29.3 Å². The van der Waals surface area contributed by atoms with Gasteiger partial charge in [-0.2, -0.15) is 0 Å². The van der Waals surface area contributed by atoms with Gasteiger partial charge in [-0.25, -0.2) is 4.98 Å². The maximum absolute atomic E-state index is 5.90. The van der Waals surface area contributed by atoms with Crippen molar-refractivity contribution in [1.29, 1.82) is 0 Å². The molecular formula is C13H13NOS. The maximum Gasteiger partial charge on any atom is 0.154 e. The highest BCUT2D eigenvalue weighted by Gasteiger charge is 2.26. The number of hydrogen-bond acceptors (Lipinski definition) is 3. The Morgan fingerprint density at radius 2 is 2.31 bits per heavy atom. The molecule has 3 heteroatoms. The van der Waals surface area contributed by atoms with Gasteiger partial charge in [-0.05, 0) is 18.1 Å². The Labute approximate surface area is 98.9 Å². The number of ether oxygens (including phenoxy) is 1. The number of rotatable bonds is 2. The number of aromatic nitrogens is 1. The zero-order valence-corrected chi connectivity index (χ0v) is 9.96. The minimum atomic E-state index is 0.127. The zero-order chi connectivity index (χ0) is 11.0. The van der Waals surface area contributed by atoms with E-state index in [4.69, 9.17) is 4.74 Å². The standard InChI is InChI=1S/C13H13NOS/c1-2-10-8-16-13(14-10)12-7-9-5-3-4-6-11(9)15-12/h3-6,8,12H,2,7H2,1H3. The zero-order valence-electron chi connectivity index (χ0n) is 9.14. The van der Waals surface area contributed by atoms with E-state index in [0.29, 0.717) is 0 Å². The summed E-state index contributed by atoms with van der Waals surface area (Å²) in [6, 6.07) is 8.23. The smallest absolute Gasteiger partial charge is 0.154 e. The van der Waals surface area contributed by atoms with Crippen LogP contribution in [0.5, 0.6) is 5.75 Å². The van der Waals surface area contributed by atoms with Crippen LogP contribution in [0.3, 0.4) is 0 Å². The molecule has 0 spiro atoms. The molecule has 0 fully saturated rings.